The molecule has 112 valence electrons. The molecular formula is C18H19N3S. The van der Waals surface area contributed by atoms with Gasteiger partial charge in [0.2, 0.25) is 0 Å². The van der Waals surface area contributed by atoms with E-state index in [0.717, 1.165) is 16.5 Å². The molecule has 3 aromatic rings. The van der Waals surface area contributed by atoms with Crippen LogP contribution in [-0.2, 0) is 7.05 Å². The van der Waals surface area contributed by atoms with Gasteiger partial charge in [-0.05, 0) is 25.0 Å². The fraction of sp³-hybridized carbons (Fsp3) is 0.222. The molecule has 0 bridgehead atoms. The molecule has 0 saturated heterocycles. The highest BCUT2D eigenvalue weighted by atomic mass is 32.2. The van der Waals surface area contributed by atoms with Gasteiger partial charge in [0.05, 0.1) is 0 Å². The predicted octanol–water partition coefficient (Wildman–Crippen LogP) is 4.64. The average Bonchev–Trinajstić information content (AvgIpc) is 2.90. The van der Waals surface area contributed by atoms with Gasteiger partial charge < -0.3 is 4.57 Å². The molecule has 4 heteroatoms. The SMILES string of the molecule is Cc1ccccc1-c1nnc(SC(C)c2ccccc2)n1C. The van der Waals surface area contributed by atoms with E-state index >= 15 is 0 Å². The lowest BCUT2D eigenvalue weighted by molar-refractivity contribution is 0.789. The molecule has 0 N–H and O–H groups in total. The Hall–Kier alpha value is -2.07. The van der Waals surface area contributed by atoms with Crippen LogP contribution >= 0.6 is 11.8 Å². The van der Waals surface area contributed by atoms with Crippen molar-refractivity contribution >= 4 is 11.8 Å². The molecule has 0 saturated carbocycles. The first kappa shape index (κ1) is 14.9. The number of thioether (sulfide) groups is 1. The zero-order valence-electron chi connectivity index (χ0n) is 13.0. The minimum absolute atomic E-state index is 0.342. The van der Waals surface area contributed by atoms with Gasteiger partial charge in [0.15, 0.2) is 11.0 Å². The molecule has 1 heterocycles. The lowest BCUT2D eigenvalue weighted by Gasteiger charge is -2.11. The standard InChI is InChI=1S/C18H19N3S/c1-13-9-7-8-12-16(13)17-19-20-18(21(17)3)22-14(2)15-10-5-4-6-11-15/h4-12,14H,1-3H3. The van der Waals surface area contributed by atoms with Gasteiger partial charge in [-0.25, -0.2) is 0 Å². The minimum Gasteiger partial charge on any atom is -0.305 e. The van der Waals surface area contributed by atoms with Crippen LogP contribution in [0.4, 0.5) is 0 Å². The fourth-order valence-electron chi connectivity index (χ4n) is 2.43. The maximum absolute atomic E-state index is 4.39. The summed E-state index contributed by atoms with van der Waals surface area (Å²) >= 11 is 1.73. The summed E-state index contributed by atoms with van der Waals surface area (Å²) in [5.41, 5.74) is 3.65. The van der Waals surface area contributed by atoms with Crippen molar-refractivity contribution < 1.29 is 0 Å². The number of nitrogens with zero attached hydrogens (tertiary/aromatic N) is 3. The normalized spacial score (nSPS) is 12.3. The highest BCUT2D eigenvalue weighted by molar-refractivity contribution is 7.99. The van der Waals surface area contributed by atoms with E-state index in [1.165, 1.54) is 11.1 Å². The van der Waals surface area contributed by atoms with E-state index in [1.807, 2.05) is 25.2 Å². The van der Waals surface area contributed by atoms with E-state index in [-0.39, 0.29) is 0 Å². The molecular weight excluding hydrogens is 290 g/mol. The van der Waals surface area contributed by atoms with E-state index < -0.39 is 0 Å². The third-order valence-electron chi connectivity index (χ3n) is 3.77. The van der Waals surface area contributed by atoms with Crippen LogP contribution in [-0.4, -0.2) is 14.8 Å². The molecule has 22 heavy (non-hydrogen) atoms. The zero-order chi connectivity index (χ0) is 15.5. The molecule has 0 aliphatic heterocycles. The Morgan fingerprint density at radius 3 is 2.36 bits per heavy atom. The van der Waals surface area contributed by atoms with Crippen LogP contribution in [0.15, 0.2) is 59.8 Å². The van der Waals surface area contributed by atoms with Crippen LogP contribution in [0.1, 0.15) is 23.3 Å². The van der Waals surface area contributed by atoms with Crippen LogP contribution in [0.5, 0.6) is 0 Å². The second-order valence-corrected chi connectivity index (χ2v) is 6.66. The third kappa shape index (κ3) is 2.92. The van der Waals surface area contributed by atoms with Gasteiger partial charge in [-0.3, -0.25) is 0 Å². The molecule has 3 nitrogen and oxygen atoms in total. The molecule has 1 atom stereocenters. The molecule has 0 radical (unpaired) electrons. The van der Waals surface area contributed by atoms with Crippen LogP contribution in [0.2, 0.25) is 0 Å². The van der Waals surface area contributed by atoms with Gasteiger partial charge in [0.25, 0.3) is 0 Å². The summed E-state index contributed by atoms with van der Waals surface area (Å²) in [6, 6.07) is 18.8. The monoisotopic (exact) mass is 309 g/mol. The van der Waals surface area contributed by atoms with Crippen molar-refractivity contribution in [3.8, 4) is 11.4 Å². The highest BCUT2D eigenvalue weighted by Gasteiger charge is 2.16. The first-order valence-electron chi connectivity index (χ1n) is 7.34. The molecule has 0 aliphatic carbocycles. The topological polar surface area (TPSA) is 30.7 Å². The Morgan fingerprint density at radius 2 is 1.64 bits per heavy atom. The summed E-state index contributed by atoms with van der Waals surface area (Å²) < 4.78 is 2.08. The zero-order valence-corrected chi connectivity index (χ0v) is 13.8. The maximum atomic E-state index is 4.39. The number of aromatic nitrogens is 3. The Bertz CT molecular complexity index is 765. The van der Waals surface area contributed by atoms with Crippen molar-refractivity contribution in [2.45, 2.75) is 24.3 Å². The lowest BCUT2D eigenvalue weighted by Crippen LogP contribution is -1.97. The first-order valence-corrected chi connectivity index (χ1v) is 8.22. The smallest absolute Gasteiger partial charge is 0.191 e. The molecule has 2 aromatic carbocycles. The van der Waals surface area contributed by atoms with E-state index in [2.05, 4.69) is 65.0 Å². The Balaban J connectivity index is 1.87. The quantitative estimate of drug-likeness (QED) is 0.658. The summed E-state index contributed by atoms with van der Waals surface area (Å²) in [7, 11) is 2.03. The average molecular weight is 309 g/mol. The van der Waals surface area contributed by atoms with Crippen LogP contribution in [0.25, 0.3) is 11.4 Å². The minimum atomic E-state index is 0.342. The van der Waals surface area contributed by atoms with Crippen molar-refractivity contribution in [3.63, 3.8) is 0 Å². The van der Waals surface area contributed by atoms with Gasteiger partial charge in [0.1, 0.15) is 0 Å². The number of hydrogen-bond acceptors (Lipinski definition) is 3. The molecule has 1 unspecified atom stereocenters. The van der Waals surface area contributed by atoms with Crippen molar-refractivity contribution in [1.29, 1.82) is 0 Å². The van der Waals surface area contributed by atoms with Gasteiger partial charge >= 0.3 is 0 Å². The van der Waals surface area contributed by atoms with E-state index in [4.69, 9.17) is 0 Å². The van der Waals surface area contributed by atoms with Crippen molar-refractivity contribution in [2.24, 2.45) is 7.05 Å². The molecule has 1 aromatic heterocycles. The van der Waals surface area contributed by atoms with Gasteiger partial charge in [-0.2, -0.15) is 0 Å². The van der Waals surface area contributed by atoms with E-state index in [0.29, 0.717) is 5.25 Å². The number of aryl methyl sites for hydroxylation is 1. The van der Waals surface area contributed by atoms with Crippen LogP contribution in [0, 0.1) is 6.92 Å². The lowest BCUT2D eigenvalue weighted by atomic mass is 10.1. The van der Waals surface area contributed by atoms with Crippen molar-refractivity contribution in [3.05, 3.63) is 65.7 Å². The van der Waals surface area contributed by atoms with Crippen molar-refractivity contribution in [1.82, 2.24) is 14.8 Å². The van der Waals surface area contributed by atoms with E-state index in [9.17, 15) is 0 Å². The fourth-order valence-corrected chi connectivity index (χ4v) is 3.37. The van der Waals surface area contributed by atoms with Crippen molar-refractivity contribution in [2.75, 3.05) is 0 Å². The van der Waals surface area contributed by atoms with Gasteiger partial charge in [-0.15, -0.1) is 10.2 Å². The van der Waals surface area contributed by atoms with Gasteiger partial charge in [-0.1, -0.05) is 66.4 Å². The first-order chi connectivity index (χ1) is 10.7. The maximum Gasteiger partial charge on any atom is 0.191 e. The molecule has 0 fully saturated rings. The molecule has 3 rings (SSSR count). The summed E-state index contributed by atoms with van der Waals surface area (Å²) in [6.07, 6.45) is 0. The summed E-state index contributed by atoms with van der Waals surface area (Å²) in [5.74, 6) is 0.917. The second kappa shape index (κ2) is 6.36. The number of rotatable bonds is 4. The predicted molar refractivity (Wildman–Crippen MR) is 91.9 cm³/mol. The van der Waals surface area contributed by atoms with E-state index in [1.54, 1.807) is 11.8 Å². The highest BCUT2D eigenvalue weighted by Crippen LogP contribution is 2.34. The Morgan fingerprint density at radius 1 is 0.955 bits per heavy atom. The Kier molecular flexibility index (Phi) is 4.29. The molecule has 0 amide bonds. The second-order valence-electron chi connectivity index (χ2n) is 5.35. The summed E-state index contributed by atoms with van der Waals surface area (Å²) in [6.45, 7) is 4.30. The van der Waals surface area contributed by atoms with Crippen LogP contribution < -0.4 is 0 Å². The number of benzene rings is 2. The number of hydrogen-bond donors (Lipinski definition) is 0. The molecule has 0 spiro atoms. The summed E-state index contributed by atoms with van der Waals surface area (Å²) in [4.78, 5) is 0. The van der Waals surface area contributed by atoms with Crippen LogP contribution in [0.3, 0.4) is 0 Å². The summed E-state index contributed by atoms with van der Waals surface area (Å²) in [5, 5.41) is 10.0. The largest absolute Gasteiger partial charge is 0.305 e. The molecule has 0 aliphatic rings. The van der Waals surface area contributed by atoms with Gasteiger partial charge in [0, 0.05) is 17.9 Å². The third-order valence-corrected chi connectivity index (χ3v) is 4.96. The Labute approximate surface area is 135 Å².